The molecule has 0 aliphatic heterocycles. The minimum absolute atomic E-state index is 0.0938. The van der Waals surface area contributed by atoms with E-state index in [-0.39, 0.29) is 24.0 Å². The topological polar surface area (TPSA) is 135 Å². The molecule has 11 nitrogen and oxygen atoms in total. The number of nitrogens with one attached hydrogen (secondary N) is 2. The van der Waals surface area contributed by atoms with Crippen LogP contribution in [0.3, 0.4) is 0 Å². The van der Waals surface area contributed by atoms with Crippen LogP contribution in [0.15, 0.2) is 46.0 Å². The lowest BCUT2D eigenvalue weighted by atomic mass is 10.3. The van der Waals surface area contributed by atoms with E-state index in [0.29, 0.717) is 24.4 Å². The molecule has 2 rings (SSSR count). The smallest absolute Gasteiger partial charge is 0.283 e. The van der Waals surface area contributed by atoms with Crippen LogP contribution in [0.5, 0.6) is 0 Å². The second-order valence-corrected chi connectivity index (χ2v) is 6.93. The molecule has 0 aliphatic rings. The van der Waals surface area contributed by atoms with Gasteiger partial charge in [-0.2, -0.15) is 0 Å². The third kappa shape index (κ3) is 6.19. The Balaban J connectivity index is 1.87. The normalized spacial score (nSPS) is 10.9. The Morgan fingerprint density at radius 2 is 1.48 bits per heavy atom. The third-order valence-corrected chi connectivity index (χ3v) is 4.59. The Morgan fingerprint density at radius 1 is 0.968 bits per heavy atom. The summed E-state index contributed by atoms with van der Waals surface area (Å²) in [7, 11) is 1.30. The molecule has 2 heterocycles. The highest BCUT2D eigenvalue weighted by atomic mass is 16.6. The van der Waals surface area contributed by atoms with Crippen molar-refractivity contribution >= 4 is 11.8 Å². The molecule has 0 saturated carbocycles. The maximum atomic E-state index is 12.4. The lowest BCUT2D eigenvalue weighted by Gasteiger charge is -2.26. The first kappa shape index (κ1) is 23.7. The summed E-state index contributed by atoms with van der Waals surface area (Å²) in [6, 6.07) is 8.27. The molecule has 0 aliphatic carbocycles. The van der Waals surface area contributed by atoms with Crippen molar-refractivity contribution in [2.45, 2.75) is 19.9 Å². The van der Waals surface area contributed by atoms with Gasteiger partial charge in [0.05, 0.1) is 0 Å². The van der Waals surface area contributed by atoms with Gasteiger partial charge in [0.2, 0.25) is 0 Å². The van der Waals surface area contributed by atoms with Crippen molar-refractivity contribution in [1.29, 1.82) is 0 Å². The predicted molar refractivity (Wildman–Crippen MR) is 112 cm³/mol. The average Bonchev–Trinajstić information content (AvgIpc) is 2.73. The minimum Gasteiger partial charge on any atom is -0.425 e. The third-order valence-electron chi connectivity index (χ3n) is 4.59. The monoisotopic (exact) mass is 433 g/mol. The molecule has 0 bridgehead atoms. The summed E-state index contributed by atoms with van der Waals surface area (Å²) in [5.41, 5.74) is -1.19. The highest BCUT2D eigenvalue weighted by molar-refractivity contribution is 5.92. The summed E-state index contributed by atoms with van der Waals surface area (Å²) in [5.74, 6) is -1.01. The van der Waals surface area contributed by atoms with Gasteiger partial charge in [-0.15, -0.1) is 9.46 Å². The number of aromatic nitrogens is 2. The maximum absolute atomic E-state index is 12.4. The predicted octanol–water partition coefficient (Wildman–Crippen LogP) is -0.824. The summed E-state index contributed by atoms with van der Waals surface area (Å²) < 4.78 is 1.21. The molecular formula is C20H27N5O6. The number of amides is 2. The zero-order valence-electron chi connectivity index (χ0n) is 17.7. The van der Waals surface area contributed by atoms with Gasteiger partial charge in [-0.1, -0.05) is 12.1 Å². The Kier molecular flexibility index (Phi) is 8.38. The molecule has 0 unspecified atom stereocenters. The highest BCUT2D eigenvalue weighted by Gasteiger charge is 2.15. The Bertz CT molecular complexity index is 1030. The number of carbonyl (C=O) groups is 2. The van der Waals surface area contributed by atoms with E-state index >= 15 is 0 Å². The van der Waals surface area contributed by atoms with Gasteiger partial charge < -0.3 is 20.7 Å². The van der Waals surface area contributed by atoms with E-state index in [1.807, 2.05) is 18.7 Å². The van der Waals surface area contributed by atoms with Crippen molar-refractivity contribution < 1.29 is 19.6 Å². The summed E-state index contributed by atoms with van der Waals surface area (Å²) in [6.45, 7) is 5.52. The van der Waals surface area contributed by atoms with Crippen molar-refractivity contribution in [3.63, 3.8) is 0 Å². The van der Waals surface area contributed by atoms with Gasteiger partial charge in [0.1, 0.15) is 18.5 Å². The van der Waals surface area contributed by atoms with Crippen LogP contribution in [0.2, 0.25) is 0 Å². The van der Waals surface area contributed by atoms with Crippen LogP contribution in [0.25, 0.3) is 0 Å². The van der Waals surface area contributed by atoms with Gasteiger partial charge in [0.25, 0.3) is 22.9 Å². The largest absolute Gasteiger partial charge is 0.425 e. The van der Waals surface area contributed by atoms with E-state index in [9.17, 15) is 24.4 Å². The first-order chi connectivity index (χ1) is 14.8. The molecule has 0 radical (unpaired) electrons. The standard InChI is InChI=1S/C20H27N5O6/c1-14(2)23(12-10-21-19(28)15-6-4-8-17(26)24(15)30)13-11-22-20(29)16-7-5-9-18(27)25(16)31-3/h4-9,14,30H,10-13H2,1-3H3,(H,21,28)(H,22,29). The molecule has 168 valence electrons. The van der Waals surface area contributed by atoms with Gasteiger partial charge in [0, 0.05) is 44.4 Å². The molecule has 31 heavy (non-hydrogen) atoms. The first-order valence-corrected chi connectivity index (χ1v) is 9.74. The average molecular weight is 433 g/mol. The van der Waals surface area contributed by atoms with Crippen molar-refractivity contribution in [1.82, 2.24) is 25.0 Å². The molecule has 2 aromatic heterocycles. The molecule has 11 heteroatoms. The zero-order valence-corrected chi connectivity index (χ0v) is 17.7. The van der Waals surface area contributed by atoms with Gasteiger partial charge in [-0.05, 0) is 26.0 Å². The summed E-state index contributed by atoms with van der Waals surface area (Å²) in [6.07, 6.45) is 0. The molecule has 2 amide bonds. The fraction of sp³-hybridized carbons (Fsp3) is 0.400. The lowest BCUT2D eigenvalue weighted by molar-refractivity contribution is 0.0875. The van der Waals surface area contributed by atoms with Crippen LogP contribution in [-0.2, 0) is 0 Å². The molecule has 0 spiro atoms. The number of pyridine rings is 2. The Labute approximate surface area is 178 Å². The van der Waals surface area contributed by atoms with E-state index in [1.54, 1.807) is 0 Å². The van der Waals surface area contributed by atoms with Crippen LogP contribution < -0.4 is 26.6 Å². The lowest BCUT2D eigenvalue weighted by Crippen LogP contribution is -2.43. The van der Waals surface area contributed by atoms with Crippen molar-refractivity contribution in [3.05, 3.63) is 68.5 Å². The van der Waals surface area contributed by atoms with Crippen LogP contribution in [0, 0.1) is 0 Å². The molecule has 0 saturated heterocycles. The molecule has 0 fully saturated rings. The first-order valence-electron chi connectivity index (χ1n) is 9.74. The van der Waals surface area contributed by atoms with E-state index in [1.165, 1.54) is 37.4 Å². The Hall–Kier alpha value is -3.60. The maximum Gasteiger partial charge on any atom is 0.283 e. The van der Waals surface area contributed by atoms with Crippen molar-refractivity contribution in [2.24, 2.45) is 0 Å². The minimum atomic E-state index is -0.690. The fourth-order valence-corrected chi connectivity index (χ4v) is 2.92. The van der Waals surface area contributed by atoms with E-state index in [2.05, 4.69) is 10.6 Å². The second kappa shape index (κ2) is 11.0. The summed E-state index contributed by atoms with van der Waals surface area (Å²) in [4.78, 5) is 54.7. The Morgan fingerprint density at radius 3 is 2.03 bits per heavy atom. The zero-order chi connectivity index (χ0) is 23.0. The second-order valence-electron chi connectivity index (χ2n) is 6.93. The van der Waals surface area contributed by atoms with Crippen LogP contribution in [-0.4, -0.2) is 70.7 Å². The number of nitrogens with zero attached hydrogens (tertiary/aromatic N) is 3. The van der Waals surface area contributed by atoms with Gasteiger partial charge in [-0.3, -0.25) is 24.1 Å². The van der Waals surface area contributed by atoms with Crippen LogP contribution in [0.4, 0.5) is 0 Å². The molecule has 0 aromatic carbocycles. The summed E-state index contributed by atoms with van der Waals surface area (Å²) in [5, 5.41) is 15.0. The van der Waals surface area contributed by atoms with E-state index < -0.39 is 22.9 Å². The number of hydrogen-bond donors (Lipinski definition) is 3. The van der Waals surface area contributed by atoms with Gasteiger partial charge in [0.15, 0.2) is 0 Å². The molecule has 2 aromatic rings. The van der Waals surface area contributed by atoms with Crippen molar-refractivity contribution in [2.75, 3.05) is 33.3 Å². The fourth-order valence-electron chi connectivity index (χ4n) is 2.92. The van der Waals surface area contributed by atoms with Gasteiger partial charge in [-0.25, -0.2) is 0 Å². The molecular weight excluding hydrogens is 406 g/mol. The molecule has 0 atom stereocenters. The highest BCUT2D eigenvalue weighted by Crippen LogP contribution is 1.99. The quantitative estimate of drug-likeness (QED) is 0.417. The number of hydrogen-bond acceptors (Lipinski definition) is 7. The number of carbonyl (C=O) groups excluding carboxylic acids is 2. The SMILES string of the molecule is COn1c(C(=O)NCCN(CCNC(=O)c2cccc(=O)n2O)C(C)C)cccc1=O. The van der Waals surface area contributed by atoms with Crippen LogP contribution in [0.1, 0.15) is 34.8 Å². The van der Waals surface area contributed by atoms with E-state index in [4.69, 9.17) is 4.84 Å². The number of rotatable bonds is 10. The molecule has 3 N–H and O–H groups in total. The summed E-state index contributed by atoms with van der Waals surface area (Å²) >= 11 is 0. The van der Waals surface area contributed by atoms with Crippen molar-refractivity contribution in [3.8, 4) is 0 Å². The van der Waals surface area contributed by atoms with E-state index in [0.717, 1.165) is 10.8 Å². The van der Waals surface area contributed by atoms with Crippen LogP contribution >= 0.6 is 0 Å². The van der Waals surface area contributed by atoms with Gasteiger partial charge >= 0.3 is 0 Å².